The molecule has 0 aliphatic carbocycles. The molecule has 0 N–H and O–H groups in total. The molecule has 0 spiro atoms. The highest BCUT2D eigenvalue weighted by Crippen LogP contribution is 2.08. The summed E-state index contributed by atoms with van der Waals surface area (Å²) in [6, 6.07) is 0. The summed E-state index contributed by atoms with van der Waals surface area (Å²) in [5.41, 5.74) is 0. The van der Waals surface area contributed by atoms with E-state index in [4.69, 9.17) is 0 Å². The van der Waals surface area contributed by atoms with E-state index in [1.807, 2.05) is 0 Å². The molecule has 0 fully saturated rings. The van der Waals surface area contributed by atoms with Crippen LogP contribution >= 0.6 is 0 Å². The van der Waals surface area contributed by atoms with Gasteiger partial charge in [-0.05, 0) is 6.92 Å². The smallest absolute Gasteiger partial charge is 0.489 e. The fourth-order valence-electron chi connectivity index (χ4n) is 0.648. The topological polar surface area (TPSA) is 61.8 Å². The minimum atomic E-state index is -0.886. The van der Waals surface area contributed by atoms with Gasteiger partial charge in [-0.2, -0.15) is 0 Å². The Labute approximate surface area is 68.9 Å². The van der Waals surface area contributed by atoms with Crippen LogP contribution in [-0.4, -0.2) is 25.2 Å². The maximum absolute atomic E-state index is 10.8. The highest BCUT2D eigenvalue weighted by Gasteiger charge is 2.21. The summed E-state index contributed by atoms with van der Waals surface area (Å²) in [7, 11) is 0. The fraction of sp³-hybridized carbons (Fsp3) is 0.429. The van der Waals surface area contributed by atoms with E-state index in [-0.39, 0.29) is 24.8 Å². The van der Waals surface area contributed by atoms with E-state index in [2.05, 4.69) is 14.2 Å². The number of rotatable bonds is 2. The Hall–Kier alpha value is -1.52. The van der Waals surface area contributed by atoms with Gasteiger partial charge in [0, 0.05) is 0 Å². The molecule has 0 saturated heterocycles. The first kappa shape index (κ1) is 8.58. The monoisotopic (exact) mass is 172 g/mol. The van der Waals surface area contributed by atoms with Crippen molar-refractivity contribution in [2.24, 2.45) is 0 Å². The Morgan fingerprint density at radius 2 is 2.50 bits per heavy atom. The summed E-state index contributed by atoms with van der Waals surface area (Å²) >= 11 is 0. The van der Waals surface area contributed by atoms with E-state index in [9.17, 15) is 9.59 Å². The van der Waals surface area contributed by atoms with Crippen LogP contribution in [0.25, 0.3) is 0 Å². The number of carbonyl (C=O) groups is 2. The minimum absolute atomic E-state index is 0.0747. The molecule has 1 rings (SSSR count). The Morgan fingerprint density at radius 1 is 1.75 bits per heavy atom. The first-order chi connectivity index (χ1) is 5.74. The van der Waals surface area contributed by atoms with Gasteiger partial charge >= 0.3 is 6.16 Å². The summed E-state index contributed by atoms with van der Waals surface area (Å²) in [5.74, 6) is -0.462. The first-order valence-electron chi connectivity index (χ1n) is 3.43. The van der Waals surface area contributed by atoms with Gasteiger partial charge in [0.25, 0.3) is 0 Å². The van der Waals surface area contributed by atoms with E-state index >= 15 is 0 Å². The van der Waals surface area contributed by atoms with Crippen LogP contribution in [0, 0.1) is 0 Å². The van der Waals surface area contributed by atoms with E-state index in [1.54, 1.807) is 6.92 Å². The van der Waals surface area contributed by atoms with Crippen LogP contribution in [0.15, 0.2) is 12.0 Å². The van der Waals surface area contributed by atoms with Crippen molar-refractivity contribution >= 4 is 11.9 Å². The van der Waals surface area contributed by atoms with Gasteiger partial charge in [-0.3, -0.25) is 4.79 Å². The second-order valence-corrected chi connectivity index (χ2v) is 2.00. The van der Waals surface area contributed by atoms with Crippen LogP contribution in [0.3, 0.4) is 0 Å². The van der Waals surface area contributed by atoms with Crippen molar-refractivity contribution in [3.05, 3.63) is 12.0 Å². The van der Waals surface area contributed by atoms with Crippen LogP contribution in [0.4, 0.5) is 4.79 Å². The maximum atomic E-state index is 10.8. The molecule has 0 aromatic rings. The molecule has 0 unspecified atom stereocenters. The van der Waals surface area contributed by atoms with Gasteiger partial charge < -0.3 is 14.2 Å². The van der Waals surface area contributed by atoms with Gasteiger partial charge in [-0.25, -0.2) is 4.79 Å². The molecule has 1 aliphatic heterocycles. The third kappa shape index (κ3) is 1.98. The summed E-state index contributed by atoms with van der Waals surface area (Å²) in [5, 5.41) is 0. The lowest BCUT2D eigenvalue weighted by Crippen LogP contribution is -2.11. The van der Waals surface area contributed by atoms with Crippen molar-refractivity contribution in [2.45, 2.75) is 6.92 Å². The first-order valence-corrected chi connectivity index (χ1v) is 3.43. The van der Waals surface area contributed by atoms with Crippen LogP contribution in [0.2, 0.25) is 0 Å². The molecule has 12 heavy (non-hydrogen) atoms. The molecule has 0 bridgehead atoms. The predicted molar refractivity (Wildman–Crippen MR) is 37.1 cm³/mol. The molecule has 0 atom stereocenters. The lowest BCUT2D eigenvalue weighted by molar-refractivity contribution is -0.118. The Balaban J connectivity index is 2.40. The summed E-state index contributed by atoms with van der Waals surface area (Å²) < 4.78 is 13.5. The second-order valence-electron chi connectivity index (χ2n) is 2.00. The molecule has 0 aromatic heterocycles. The average molecular weight is 172 g/mol. The molecule has 66 valence electrons. The molecule has 0 saturated carbocycles. The van der Waals surface area contributed by atoms with Crippen LogP contribution in [-0.2, 0) is 19.0 Å². The molecule has 0 radical (unpaired) electrons. The number of hydrogen-bond acceptors (Lipinski definition) is 5. The lowest BCUT2D eigenvalue weighted by Gasteiger charge is -2.00. The number of ketones is 1. The SMILES string of the molecule is CCOC(=O)OC1=COCC1=O. The lowest BCUT2D eigenvalue weighted by atomic mass is 10.4. The van der Waals surface area contributed by atoms with Crippen LogP contribution < -0.4 is 0 Å². The third-order valence-corrected chi connectivity index (χ3v) is 1.14. The van der Waals surface area contributed by atoms with Crippen molar-refractivity contribution in [3.63, 3.8) is 0 Å². The van der Waals surface area contributed by atoms with Crippen LogP contribution in [0.1, 0.15) is 6.92 Å². The summed E-state index contributed by atoms with van der Waals surface area (Å²) in [6.07, 6.45) is 0.210. The van der Waals surface area contributed by atoms with E-state index in [0.29, 0.717) is 0 Å². The van der Waals surface area contributed by atoms with Gasteiger partial charge in [-0.15, -0.1) is 0 Å². The Bertz CT molecular complexity index is 230. The van der Waals surface area contributed by atoms with Gasteiger partial charge in [0.2, 0.25) is 11.5 Å². The zero-order valence-corrected chi connectivity index (χ0v) is 6.53. The Morgan fingerprint density at radius 3 is 3.00 bits per heavy atom. The number of hydrogen-bond donors (Lipinski definition) is 0. The molecular formula is C7H8O5. The van der Waals surface area contributed by atoms with E-state index in [1.165, 1.54) is 0 Å². The van der Waals surface area contributed by atoms with Gasteiger partial charge in [0.1, 0.15) is 6.26 Å². The molecular weight excluding hydrogens is 164 g/mol. The standard InChI is InChI=1S/C7H8O5/c1-2-11-7(9)12-6-4-10-3-5(6)8/h4H,2-3H2,1H3. The van der Waals surface area contributed by atoms with Crippen molar-refractivity contribution in [2.75, 3.05) is 13.2 Å². The van der Waals surface area contributed by atoms with Crippen molar-refractivity contribution in [3.8, 4) is 0 Å². The zero-order chi connectivity index (χ0) is 8.97. The van der Waals surface area contributed by atoms with Gasteiger partial charge in [0.05, 0.1) is 6.61 Å². The normalized spacial score (nSPS) is 15.1. The average Bonchev–Trinajstić information content (AvgIpc) is 2.37. The predicted octanol–water partition coefficient (Wildman–Crippen LogP) is 0.600. The number of Topliss-reactive ketones (excluding diaryl/α,β-unsaturated/α-hetero) is 1. The van der Waals surface area contributed by atoms with Gasteiger partial charge in [-0.1, -0.05) is 0 Å². The summed E-state index contributed by atoms with van der Waals surface area (Å²) in [6.45, 7) is 1.78. The van der Waals surface area contributed by atoms with Crippen LogP contribution in [0.5, 0.6) is 0 Å². The van der Waals surface area contributed by atoms with Crippen molar-refractivity contribution < 1.29 is 23.8 Å². The highest BCUT2D eigenvalue weighted by molar-refractivity contribution is 5.97. The quantitative estimate of drug-likeness (QED) is 0.571. The van der Waals surface area contributed by atoms with E-state index < -0.39 is 6.16 Å². The largest absolute Gasteiger partial charge is 0.514 e. The summed E-state index contributed by atoms with van der Waals surface area (Å²) in [4.78, 5) is 21.4. The number of ether oxygens (including phenoxy) is 3. The Kier molecular flexibility index (Phi) is 2.68. The molecule has 0 aromatic carbocycles. The second kappa shape index (κ2) is 3.75. The molecule has 1 aliphatic rings. The maximum Gasteiger partial charge on any atom is 0.514 e. The molecule has 5 nitrogen and oxygen atoms in total. The molecule has 1 heterocycles. The fourth-order valence-corrected chi connectivity index (χ4v) is 0.648. The van der Waals surface area contributed by atoms with E-state index in [0.717, 1.165) is 6.26 Å². The minimum Gasteiger partial charge on any atom is -0.489 e. The number of carbonyl (C=O) groups excluding carboxylic acids is 2. The van der Waals surface area contributed by atoms with Crippen molar-refractivity contribution in [1.29, 1.82) is 0 Å². The molecule has 5 heteroatoms. The highest BCUT2D eigenvalue weighted by atomic mass is 16.7. The molecule has 0 amide bonds. The van der Waals surface area contributed by atoms with Crippen molar-refractivity contribution in [1.82, 2.24) is 0 Å². The third-order valence-electron chi connectivity index (χ3n) is 1.14. The zero-order valence-electron chi connectivity index (χ0n) is 6.53. The van der Waals surface area contributed by atoms with Gasteiger partial charge in [0.15, 0.2) is 6.61 Å².